The quantitative estimate of drug-likeness (QED) is 0.129. The molecule has 3 N–H and O–H groups in total. The fourth-order valence-electron chi connectivity index (χ4n) is 3.73. The first kappa shape index (κ1) is 31.7. The third kappa shape index (κ3) is 9.63. The van der Waals surface area contributed by atoms with Crippen LogP contribution in [0.3, 0.4) is 0 Å². The van der Waals surface area contributed by atoms with Gasteiger partial charge in [-0.25, -0.2) is 20.0 Å². The monoisotopic (exact) mass is 553 g/mol. The van der Waals surface area contributed by atoms with E-state index in [0.29, 0.717) is 48.8 Å². The lowest BCUT2D eigenvalue weighted by molar-refractivity contribution is -0.149. The maximum absolute atomic E-state index is 14.0. The molecule has 2 atom stereocenters. The van der Waals surface area contributed by atoms with Gasteiger partial charge in [0.05, 0.1) is 31.3 Å². The second-order valence-electron chi connectivity index (χ2n) is 10.9. The maximum atomic E-state index is 14.0. The number of fused-ring (bicyclic) bond motifs is 1. The van der Waals surface area contributed by atoms with Crippen LogP contribution in [0.5, 0.6) is 0 Å². The normalized spacial score (nSPS) is 14.5. The Hall–Kier alpha value is -2.56. The topological polar surface area (TPSA) is 156 Å². The number of carbonyl (C=O) groups excluding carboxylic acids is 1. The van der Waals surface area contributed by atoms with Gasteiger partial charge in [-0.1, -0.05) is 39.8 Å². The number of nitrogens with zero attached hydrogens (tertiary/aromatic N) is 5. The second-order valence-corrected chi connectivity index (χ2v) is 12.9. The zero-order valence-electron chi connectivity index (χ0n) is 23.9. The highest BCUT2D eigenvalue weighted by molar-refractivity contribution is 7.56. The van der Waals surface area contributed by atoms with E-state index in [1.165, 1.54) is 6.33 Å². The van der Waals surface area contributed by atoms with Crippen LogP contribution in [-0.2, 0) is 30.0 Å². The van der Waals surface area contributed by atoms with Crippen molar-refractivity contribution >= 4 is 36.2 Å². The van der Waals surface area contributed by atoms with Crippen LogP contribution >= 0.6 is 7.52 Å². The van der Waals surface area contributed by atoms with Gasteiger partial charge < -0.3 is 24.4 Å². The second kappa shape index (κ2) is 14.0. The zero-order chi connectivity index (χ0) is 28.5. The molecule has 0 radical (unpaired) electrons. The average molecular weight is 554 g/mol. The number of anilines is 1. The number of rotatable bonds is 16. The van der Waals surface area contributed by atoms with Crippen LogP contribution in [0.15, 0.2) is 17.8 Å². The zero-order valence-corrected chi connectivity index (χ0v) is 24.8. The molecule has 12 nitrogen and oxygen atoms in total. The van der Waals surface area contributed by atoms with Crippen LogP contribution in [0, 0.1) is 11.8 Å². The summed E-state index contributed by atoms with van der Waals surface area (Å²) in [5.41, 5.74) is 6.46. The molecule has 214 valence electrons. The molecule has 0 fully saturated rings. The minimum absolute atomic E-state index is 0.265. The van der Waals surface area contributed by atoms with Crippen molar-refractivity contribution in [1.29, 1.82) is 0 Å². The van der Waals surface area contributed by atoms with Crippen LogP contribution in [0.25, 0.3) is 11.2 Å². The molecule has 2 heterocycles. The predicted octanol–water partition coefficient (Wildman–Crippen LogP) is 4.75. The summed E-state index contributed by atoms with van der Waals surface area (Å²) in [6.07, 6.45) is 4.33. The van der Waals surface area contributed by atoms with E-state index >= 15 is 0 Å². The molecule has 0 amide bonds. The number of carbonyl (C=O) groups is 1. The van der Waals surface area contributed by atoms with Gasteiger partial charge in [-0.05, 0) is 51.9 Å². The van der Waals surface area contributed by atoms with Crippen molar-refractivity contribution in [3.05, 3.63) is 12.7 Å². The Morgan fingerprint density at radius 2 is 1.82 bits per heavy atom. The SMILES string of the molecule is CCCOC(=O)C(C)(C)NP(=O)(CO[C@H](C)Cn1cnc2c(N)ncnc21)ON=C(CC(C)C)CC(C)C. The van der Waals surface area contributed by atoms with Crippen LogP contribution in [0.2, 0.25) is 0 Å². The molecule has 2 aromatic heterocycles. The molecule has 1 unspecified atom stereocenters. The summed E-state index contributed by atoms with van der Waals surface area (Å²) in [6, 6.07) is 0. The number of ether oxygens (including phenoxy) is 2. The molecule has 0 aliphatic carbocycles. The first-order chi connectivity index (χ1) is 17.8. The fourth-order valence-corrected chi connectivity index (χ4v) is 5.53. The number of imidazole rings is 1. The minimum Gasteiger partial charge on any atom is -0.464 e. The van der Waals surface area contributed by atoms with Crippen molar-refractivity contribution in [3.63, 3.8) is 0 Å². The van der Waals surface area contributed by atoms with Gasteiger partial charge in [0, 0.05) is 0 Å². The molecule has 38 heavy (non-hydrogen) atoms. The molecular weight excluding hydrogens is 509 g/mol. The summed E-state index contributed by atoms with van der Waals surface area (Å²) in [5, 5.41) is 7.16. The molecule has 0 aromatic carbocycles. The van der Waals surface area contributed by atoms with Gasteiger partial charge in [-0.15, -0.1) is 0 Å². The molecule has 0 bridgehead atoms. The van der Waals surface area contributed by atoms with Crippen molar-refractivity contribution in [2.24, 2.45) is 17.0 Å². The lowest BCUT2D eigenvalue weighted by atomic mass is 9.99. The van der Waals surface area contributed by atoms with Crippen molar-refractivity contribution in [1.82, 2.24) is 24.6 Å². The van der Waals surface area contributed by atoms with Crippen LogP contribution < -0.4 is 10.8 Å². The van der Waals surface area contributed by atoms with Crippen LogP contribution in [0.1, 0.15) is 74.7 Å². The van der Waals surface area contributed by atoms with Gasteiger partial charge in [0.2, 0.25) is 0 Å². The summed E-state index contributed by atoms with van der Waals surface area (Å²) >= 11 is 0. The molecule has 2 rings (SSSR count). The lowest BCUT2D eigenvalue weighted by Gasteiger charge is -2.29. The van der Waals surface area contributed by atoms with Crippen molar-refractivity contribution in [2.45, 2.75) is 92.8 Å². The van der Waals surface area contributed by atoms with Crippen molar-refractivity contribution in [3.8, 4) is 0 Å². The number of nitrogens with one attached hydrogen (secondary N) is 1. The third-order valence-corrected chi connectivity index (χ3v) is 7.13. The Labute approximate surface area is 225 Å². The Balaban J connectivity index is 2.22. The van der Waals surface area contributed by atoms with E-state index in [4.69, 9.17) is 19.8 Å². The van der Waals surface area contributed by atoms with Gasteiger partial charge in [-0.2, -0.15) is 0 Å². The smallest absolute Gasteiger partial charge is 0.365 e. The van der Waals surface area contributed by atoms with Gasteiger partial charge >= 0.3 is 13.5 Å². The Kier molecular flexibility index (Phi) is 11.7. The van der Waals surface area contributed by atoms with Crippen molar-refractivity contribution in [2.75, 3.05) is 18.7 Å². The Morgan fingerprint density at radius 1 is 1.16 bits per heavy atom. The van der Waals surface area contributed by atoms with Crippen LogP contribution in [0.4, 0.5) is 5.82 Å². The van der Waals surface area contributed by atoms with E-state index in [1.807, 2.05) is 13.8 Å². The first-order valence-corrected chi connectivity index (χ1v) is 14.9. The predicted molar refractivity (Wildman–Crippen MR) is 149 cm³/mol. The molecule has 2 aromatic rings. The van der Waals surface area contributed by atoms with E-state index in [0.717, 1.165) is 5.71 Å². The standard InChI is InChI=1S/C25H44N7O5P/c1-9-10-35-24(33)25(7,8)31-38(34,37-30-20(11-17(2)3)12-18(4)5)16-36-19(6)13-32-15-29-21-22(26)27-14-28-23(21)32/h14-15,17-19H,9-13,16H2,1-8H3,(H,31,34)(H2,26,27,28)/t19-,38?/m1/s1. The number of nitrogen functional groups attached to an aromatic ring is 1. The summed E-state index contributed by atoms with van der Waals surface area (Å²) < 4.78 is 32.8. The minimum atomic E-state index is -3.80. The largest absolute Gasteiger partial charge is 0.464 e. The van der Waals surface area contributed by atoms with E-state index in [-0.39, 0.29) is 18.8 Å². The van der Waals surface area contributed by atoms with E-state index < -0.39 is 25.1 Å². The number of hydrogen-bond donors (Lipinski definition) is 2. The number of hydrogen-bond acceptors (Lipinski definition) is 10. The molecule has 0 aliphatic heterocycles. The third-order valence-electron chi connectivity index (χ3n) is 5.40. The lowest BCUT2D eigenvalue weighted by Crippen LogP contribution is -2.46. The van der Waals surface area contributed by atoms with Gasteiger partial charge in [0.1, 0.15) is 23.7 Å². The number of aromatic nitrogens is 4. The summed E-state index contributed by atoms with van der Waals surface area (Å²) in [6.45, 7) is 15.9. The molecule has 0 saturated heterocycles. The first-order valence-electron chi connectivity index (χ1n) is 13.1. The molecular formula is C25H44N7O5P. The Morgan fingerprint density at radius 3 is 2.42 bits per heavy atom. The molecule has 13 heteroatoms. The highest BCUT2D eigenvalue weighted by Gasteiger charge is 2.40. The van der Waals surface area contributed by atoms with E-state index in [1.54, 1.807) is 24.7 Å². The molecule has 0 saturated carbocycles. The van der Waals surface area contributed by atoms with Crippen molar-refractivity contribution < 1.29 is 23.5 Å². The highest BCUT2D eigenvalue weighted by atomic mass is 31.2. The van der Waals surface area contributed by atoms with Crippen LogP contribution in [-0.4, -0.2) is 55.8 Å². The highest BCUT2D eigenvalue weighted by Crippen LogP contribution is 2.46. The average Bonchev–Trinajstić information content (AvgIpc) is 3.23. The fraction of sp³-hybridized carbons (Fsp3) is 0.720. The van der Waals surface area contributed by atoms with E-state index in [9.17, 15) is 9.36 Å². The number of esters is 1. The van der Waals surface area contributed by atoms with Gasteiger partial charge in [-0.3, -0.25) is 9.36 Å². The van der Waals surface area contributed by atoms with Gasteiger partial charge in [0.25, 0.3) is 0 Å². The summed E-state index contributed by atoms with van der Waals surface area (Å²) in [7, 11) is -3.80. The summed E-state index contributed by atoms with van der Waals surface area (Å²) in [4.78, 5) is 25.1. The number of oxime groups is 1. The summed E-state index contributed by atoms with van der Waals surface area (Å²) in [5.74, 6) is 0.455. The number of nitrogens with two attached hydrogens (primary N) is 1. The maximum Gasteiger partial charge on any atom is 0.365 e. The van der Waals surface area contributed by atoms with E-state index in [2.05, 4.69) is 52.9 Å². The molecule has 0 spiro atoms. The Bertz CT molecular complexity index is 1120. The van der Waals surface area contributed by atoms with Gasteiger partial charge in [0.15, 0.2) is 11.5 Å². The molecule has 0 aliphatic rings.